The van der Waals surface area contributed by atoms with E-state index in [0.29, 0.717) is 29.1 Å². The van der Waals surface area contributed by atoms with Gasteiger partial charge in [0.15, 0.2) is 5.15 Å². The van der Waals surface area contributed by atoms with Crippen LogP contribution >= 0.6 is 23.4 Å². The molecule has 23 heavy (non-hydrogen) atoms. The number of carbonyl (C=O) groups is 1. The first kappa shape index (κ1) is 17.8. The lowest BCUT2D eigenvalue weighted by atomic mass is 10.3. The van der Waals surface area contributed by atoms with E-state index in [1.54, 1.807) is 39.9 Å². The third kappa shape index (κ3) is 4.72. The Labute approximate surface area is 146 Å². The van der Waals surface area contributed by atoms with Gasteiger partial charge in [0.25, 0.3) is 0 Å². The van der Waals surface area contributed by atoms with Gasteiger partial charge in [0.05, 0.1) is 18.1 Å². The minimum Gasteiger partial charge on any atom is -0.308 e. The lowest BCUT2D eigenvalue weighted by Gasteiger charge is -2.19. The zero-order valence-corrected chi connectivity index (χ0v) is 15.1. The Morgan fingerprint density at radius 1 is 1.48 bits per heavy atom. The maximum Gasteiger partial charge on any atom is 0.227 e. The highest BCUT2D eigenvalue weighted by Gasteiger charge is 2.20. The normalized spacial score (nSPS) is 11.0. The third-order valence-electron chi connectivity index (χ3n) is 3.24. The van der Waals surface area contributed by atoms with E-state index in [-0.39, 0.29) is 5.91 Å². The number of carbonyl (C=O) groups excluding carboxylic acids is 1. The summed E-state index contributed by atoms with van der Waals surface area (Å²) >= 11 is 8.02. The smallest absolute Gasteiger partial charge is 0.227 e. The van der Waals surface area contributed by atoms with Gasteiger partial charge in [-0.2, -0.15) is 16.9 Å². The molecule has 0 aliphatic rings. The molecule has 124 valence electrons. The lowest BCUT2D eigenvalue weighted by Crippen LogP contribution is -2.30. The molecule has 1 amide bonds. The Balaban J connectivity index is 2.15. The molecule has 2 aromatic heterocycles. The van der Waals surface area contributed by atoms with Crippen LogP contribution in [0.1, 0.15) is 27.2 Å². The predicted octanol–water partition coefficient (Wildman–Crippen LogP) is 3.81. The van der Waals surface area contributed by atoms with Crippen LogP contribution in [0.5, 0.6) is 0 Å². The number of aromatic nitrogens is 3. The van der Waals surface area contributed by atoms with Crippen LogP contribution in [0.3, 0.4) is 0 Å². The molecule has 0 aliphatic carbocycles. The van der Waals surface area contributed by atoms with Gasteiger partial charge in [-0.3, -0.25) is 9.78 Å². The molecule has 0 fully saturated rings. The number of halogens is 1. The van der Waals surface area contributed by atoms with Crippen molar-refractivity contribution >= 4 is 35.0 Å². The van der Waals surface area contributed by atoms with Crippen LogP contribution < -0.4 is 4.90 Å². The van der Waals surface area contributed by atoms with Crippen molar-refractivity contribution in [3.05, 3.63) is 35.9 Å². The number of rotatable bonds is 7. The summed E-state index contributed by atoms with van der Waals surface area (Å²) in [4.78, 5) is 18.2. The van der Waals surface area contributed by atoms with Crippen molar-refractivity contribution in [2.45, 2.75) is 32.4 Å². The van der Waals surface area contributed by atoms with Gasteiger partial charge in [-0.05, 0) is 24.3 Å². The van der Waals surface area contributed by atoms with Gasteiger partial charge in [0.1, 0.15) is 5.69 Å². The monoisotopic (exact) mass is 352 g/mol. The van der Waals surface area contributed by atoms with Crippen molar-refractivity contribution in [1.29, 1.82) is 0 Å². The van der Waals surface area contributed by atoms with Gasteiger partial charge >= 0.3 is 0 Å². The molecular weight excluding hydrogens is 332 g/mol. The Bertz CT molecular complexity index is 645. The summed E-state index contributed by atoms with van der Waals surface area (Å²) in [6.45, 7) is 6.75. The van der Waals surface area contributed by atoms with Crippen molar-refractivity contribution < 1.29 is 4.79 Å². The molecule has 0 atom stereocenters. The van der Waals surface area contributed by atoms with E-state index in [9.17, 15) is 4.79 Å². The minimum absolute atomic E-state index is 0.0632. The predicted molar refractivity (Wildman–Crippen MR) is 96.6 cm³/mol. The number of thioether (sulfide) groups is 1. The van der Waals surface area contributed by atoms with E-state index in [4.69, 9.17) is 11.6 Å². The van der Waals surface area contributed by atoms with E-state index in [1.165, 1.54) is 0 Å². The molecule has 0 bridgehead atoms. The van der Waals surface area contributed by atoms with Crippen LogP contribution in [0.4, 0.5) is 5.69 Å². The highest BCUT2D eigenvalue weighted by Crippen LogP contribution is 2.26. The van der Waals surface area contributed by atoms with Crippen LogP contribution in [-0.4, -0.2) is 38.2 Å². The summed E-state index contributed by atoms with van der Waals surface area (Å²) in [5.74, 6) is 0.870. The van der Waals surface area contributed by atoms with Crippen molar-refractivity contribution in [1.82, 2.24) is 14.8 Å². The van der Waals surface area contributed by atoms with Gasteiger partial charge < -0.3 is 4.90 Å². The van der Waals surface area contributed by atoms with Gasteiger partial charge in [-0.15, -0.1) is 0 Å². The summed E-state index contributed by atoms with van der Waals surface area (Å²) in [5, 5.41) is 5.13. The number of nitrogens with zero attached hydrogens (tertiary/aromatic N) is 4. The minimum atomic E-state index is 0.0632. The molecule has 7 heteroatoms. The first-order chi connectivity index (χ1) is 11.0. The Kier molecular flexibility index (Phi) is 6.47. The second-order valence-electron chi connectivity index (χ2n) is 5.27. The number of amides is 1. The summed E-state index contributed by atoms with van der Waals surface area (Å²) in [6.07, 6.45) is 5.66. The fourth-order valence-electron chi connectivity index (χ4n) is 2.14. The molecular formula is C16H21ClN4OS. The molecule has 0 aliphatic heterocycles. The summed E-state index contributed by atoms with van der Waals surface area (Å²) in [5.41, 5.74) is 1.44. The van der Waals surface area contributed by atoms with Crippen LogP contribution in [0.15, 0.2) is 30.7 Å². The second-order valence-corrected chi connectivity index (χ2v) is 7.31. The first-order valence-electron chi connectivity index (χ1n) is 7.60. The molecule has 5 nitrogen and oxygen atoms in total. The zero-order chi connectivity index (χ0) is 16.8. The summed E-state index contributed by atoms with van der Waals surface area (Å²) < 4.78 is 1.64. The molecule has 2 heterocycles. The van der Waals surface area contributed by atoms with Gasteiger partial charge in [-0.1, -0.05) is 25.4 Å². The Morgan fingerprint density at radius 2 is 2.26 bits per heavy atom. The molecule has 0 unspecified atom stereocenters. The number of anilines is 1. The fourth-order valence-corrected chi connectivity index (χ4v) is 3.14. The lowest BCUT2D eigenvalue weighted by molar-refractivity contribution is -0.118. The van der Waals surface area contributed by atoms with Crippen LogP contribution in [0.2, 0.25) is 5.15 Å². The fraction of sp³-hybridized carbons (Fsp3) is 0.438. The topological polar surface area (TPSA) is 51.0 Å². The van der Waals surface area contributed by atoms with Gasteiger partial charge in [0, 0.05) is 24.9 Å². The molecule has 0 spiro atoms. The van der Waals surface area contributed by atoms with Gasteiger partial charge in [-0.25, -0.2) is 4.68 Å². The highest BCUT2D eigenvalue weighted by molar-refractivity contribution is 7.99. The van der Waals surface area contributed by atoms with Crippen LogP contribution in [-0.2, 0) is 4.79 Å². The highest BCUT2D eigenvalue weighted by atomic mass is 35.5. The van der Waals surface area contributed by atoms with Crippen molar-refractivity contribution in [3.63, 3.8) is 0 Å². The standard InChI is InChI=1S/C16H21ClN4OS/c1-4-20(15(22)7-9-23-12(2)3)14-11-21(19-16(14)17)13-6-5-8-18-10-13/h5-6,8,10-12H,4,7,9H2,1-3H3. The number of hydrogen-bond acceptors (Lipinski definition) is 4. The van der Waals surface area contributed by atoms with E-state index in [0.717, 1.165) is 11.4 Å². The van der Waals surface area contributed by atoms with E-state index in [2.05, 4.69) is 23.9 Å². The molecule has 0 N–H and O–H groups in total. The van der Waals surface area contributed by atoms with Gasteiger partial charge in [0.2, 0.25) is 5.91 Å². The molecule has 0 saturated heterocycles. The number of pyridine rings is 1. The second kappa shape index (κ2) is 8.36. The zero-order valence-electron chi connectivity index (χ0n) is 13.6. The molecule has 0 aromatic carbocycles. The van der Waals surface area contributed by atoms with Crippen LogP contribution in [0, 0.1) is 0 Å². The third-order valence-corrected chi connectivity index (χ3v) is 4.61. The van der Waals surface area contributed by atoms with E-state index in [1.807, 2.05) is 19.1 Å². The van der Waals surface area contributed by atoms with Crippen molar-refractivity contribution in [2.75, 3.05) is 17.2 Å². The SMILES string of the molecule is CCN(C(=O)CCSC(C)C)c1cn(-c2cccnc2)nc1Cl. The average Bonchev–Trinajstić information content (AvgIpc) is 2.90. The maximum atomic E-state index is 12.5. The largest absolute Gasteiger partial charge is 0.308 e. The Hall–Kier alpha value is -1.53. The van der Waals surface area contributed by atoms with Crippen molar-refractivity contribution in [3.8, 4) is 5.69 Å². The molecule has 2 rings (SSSR count). The molecule has 0 radical (unpaired) electrons. The summed E-state index contributed by atoms with van der Waals surface area (Å²) in [6, 6.07) is 3.72. The summed E-state index contributed by atoms with van der Waals surface area (Å²) in [7, 11) is 0. The first-order valence-corrected chi connectivity index (χ1v) is 9.03. The molecule has 0 saturated carbocycles. The van der Waals surface area contributed by atoms with Crippen LogP contribution in [0.25, 0.3) is 5.69 Å². The van der Waals surface area contributed by atoms with E-state index >= 15 is 0 Å². The van der Waals surface area contributed by atoms with E-state index < -0.39 is 0 Å². The Morgan fingerprint density at radius 3 is 2.87 bits per heavy atom. The quantitative estimate of drug-likeness (QED) is 0.760. The molecule has 2 aromatic rings. The average molecular weight is 353 g/mol. The van der Waals surface area contributed by atoms with Crippen molar-refractivity contribution in [2.24, 2.45) is 0 Å². The number of hydrogen-bond donors (Lipinski definition) is 0. The maximum absolute atomic E-state index is 12.5.